The number of rotatable bonds is 4. The maximum atomic E-state index is 11.6. The number of carboxylic acids is 1. The van der Waals surface area contributed by atoms with Gasteiger partial charge in [-0.05, 0) is 19.9 Å². The number of amides is 1. The molecule has 1 atom stereocenters. The lowest BCUT2D eigenvalue weighted by atomic mass is 9.89. The Labute approximate surface area is 82.9 Å². The molecule has 0 aromatic heterocycles. The van der Waals surface area contributed by atoms with Crippen molar-refractivity contribution < 1.29 is 14.7 Å². The van der Waals surface area contributed by atoms with Crippen LogP contribution in [0, 0.1) is 5.41 Å². The van der Waals surface area contributed by atoms with E-state index in [0.717, 1.165) is 13.0 Å². The second kappa shape index (κ2) is 4.41. The molecule has 1 aliphatic rings. The molecule has 1 saturated heterocycles. The van der Waals surface area contributed by atoms with Gasteiger partial charge in [0, 0.05) is 13.1 Å². The first-order valence-electron chi connectivity index (χ1n) is 4.75. The van der Waals surface area contributed by atoms with Crippen molar-refractivity contribution >= 4 is 11.9 Å². The van der Waals surface area contributed by atoms with Crippen LogP contribution in [0.5, 0.6) is 0 Å². The van der Waals surface area contributed by atoms with E-state index in [1.807, 2.05) is 6.92 Å². The number of carbonyl (C=O) groups is 2. The van der Waals surface area contributed by atoms with Crippen molar-refractivity contribution in [3.8, 4) is 0 Å². The van der Waals surface area contributed by atoms with Gasteiger partial charge in [0.05, 0.1) is 11.8 Å². The van der Waals surface area contributed by atoms with E-state index in [0.29, 0.717) is 6.54 Å². The molecule has 1 fully saturated rings. The summed E-state index contributed by atoms with van der Waals surface area (Å²) < 4.78 is 0. The van der Waals surface area contributed by atoms with Crippen LogP contribution in [0.3, 0.4) is 0 Å². The summed E-state index contributed by atoms with van der Waals surface area (Å²) in [6, 6.07) is 0. The highest BCUT2D eigenvalue weighted by molar-refractivity contribution is 5.83. The number of hydrogen-bond donors (Lipinski definition) is 3. The lowest BCUT2D eigenvalue weighted by Crippen LogP contribution is -2.41. The Kier molecular flexibility index (Phi) is 3.46. The zero-order valence-electron chi connectivity index (χ0n) is 8.30. The Balaban J connectivity index is 2.30. The van der Waals surface area contributed by atoms with Crippen molar-refractivity contribution in [3.05, 3.63) is 0 Å². The van der Waals surface area contributed by atoms with Crippen LogP contribution >= 0.6 is 0 Å². The van der Waals surface area contributed by atoms with Gasteiger partial charge in [-0.15, -0.1) is 0 Å². The van der Waals surface area contributed by atoms with Gasteiger partial charge in [-0.25, -0.2) is 0 Å². The normalized spacial score (nSPS) is 26.1. The van der Waals surface area contributed by atoms with Gasteiger partial charge >= 0.3 is 5.97 Å². The molecule has 14 heavy (non-hydrogen) atoms. The lowest BCUT2D eigenvalue weighted by molar-refractivity contribution is -0.137. The van der Waals surface area contributed by atoms with E-state index in [9.17, 15) is 9.59 Å². The number of carboxylic acid groups (broad SMARTS) is 1. The average molecular weight is 200 g/mol. The summed E-state index contributed by atoms with van der Waals surface area (Å²) in [5.74, 6) is -0.941. The molecule has 0 saturated carbocycles. The summed E-state index contributed by atoms with van der Waals surface area (Å²) in [7, 11) is 0. The zero-order chi connectivity index (χ0) is 10.6. The predicted molar refractivity (Wildman–Crippen MR) is 50.9 cm³/mol. The molecule has 5 heteroatoms. The molecule has 1 amide bonds. The highest BCUT2D eigenvalue weighted by Gasteiger charge is 2.35. The molecule has 0 aromatic rings. The molecule has 1 unspecified atom stereocenters. The standard InChI is InChI=1S/C9H16N2O3/c1-9(3-5-10-6-9)8(14)11-4-2-7(12)13/h10H,2-6H2,1H3,(H,11,14)(H,12,13). The fraction of sp³-hybridized carbons (Fsp3) is 0.778. The van der Waals surface area contributed by atoms with Crippen molar-refractivity contribution in [1.82, 2.24) is 10.6 Å². The van der Waals surface area contributed by atoms with Crippen LogP contribution in [0.25, 0.3) is 0 Å². The van der Waals surface area contributed by atoms with Crippen molar-refractivity contribution in [2.45, 2.75) is 19.8 Å². The third kappa shape index (κ3) is 2.70. The van der Waals surface area contributed by atoms with Gasteiger partial charge in [-0.1, -0.05) is 0 Å². The van der Waals surface area contributed by atoms with Crippen LogP contribution in [0.4, 0.5) is 0 Å². The molecule has 0 aliphatic carbocycles. The third-order valence-corrected chi connectivity index (χ3v) is 2.54. The van der Waals surface area contributed by atoms with Gasteiger partial charge in [0.25, 0.3) is 0 Å². The highest BCUT2D eigenvalue weighted by atomic mass is 16.4. The molecule has 0 bridgehead atoms. The molecule has 0 aromatic carbocycles. The number of aliphatic carboxylic acids is 1. The maximum absolute atomic E-state index is 11.6. The van der Waals surface area contributed by atoms with Crippen molar-refractivity contribution in [3.63, 3.8) is 0 Å². The monoisotopic (exact) mass is 200 g/mol. The SMILES string of the molecule is CC1(C(=O)NCCC(=O)O)CCNC1. The van der Waals surface area contributed by atoms with Crippen molar-refractivity contribution in [2.75, 3.05) is 19.6 Å². The largest absolute Gasteiger partial charge is 0.481 e. The van der Waals surface area contributed by atoms with E-state index >= 15 is 0 Å². The molecular weight excluding hydrogens is 184 g/mol. The Morgan fingerprint density at radius 1 is 1.57 bits per heavy atom. The Bertz CT molecular complexity index is 234. The first-order valence-corrected chi connectivity index (χ1v) is 4.75. The second-order valence-electron chi connectivity index (χ2n) is 3.89. The smallest absolute Gasteiger partial charge is 0.305 e. The van der Waals surface area contributed by atoms with Crippen LogP contribution in [-0.4, -0.2) is 36.6 Å². The van der Waals surface area contributed by atoms with Gasteiger partial charge in [0.15, 0.2) is 0 Å². The van der Waals surface area contributed by atoms with Crippen LogP contribution in [0.15, 0.2) is 0 Å². The third-order valence-electron chi connectivity index (χ3n) is 2.54. The minimum atomic E-state index is -0.889. The summed E-state index contributed by atoms with van der Waals surface area (Å²) >= 11 is 0. The van der Waals surface area contributed by atoms with Crippen molar-refractivity contribution in [1.29, 1.82) is 0 Å². The van der Waals surface area contributed by atoms with E-state index in [-0.39, 0.29) is 24.3 Å². The highest BCUT2D eigenvalue weighted by Crippen LogP contribution is 2.24. The summed E-state index contributed by atoms with van der Waals surface area (Å²) in [4.78, 5) is 21.8. The van der Waals surface area contributed by atoms with Crippen LogP contribution in [0.2, 0.25) is 0 Å². The molecule has 1 rings (SSSR count). The number of hydrogen-bond acceptors (Lipinski definition) is 3. The second-order valence-corrected chi connectivity index (χ2v) is 3.89. The zero-order valence-corrected chi connectivity index (χ0v) is 8.30. The Hall–Kier alpha value is -1.10. The molecular formula is C9H16N2O3. The van der Waals surface area contributed by atoms with Gasteiger partial charge in [-0.3, -0.25) is 9.59 Å². The average Bonchev–Trinajstić information content (AvgIpc) is 2.52. The van der Waals surface area contributed by atoms with Gasteiger partial charge in [0.1, 0.15) is 0 Å². The van der Waals surface area contributed by atoms with Crippen molar-refractivity contribution in [2.24, 2.45) is 5.41 Å². The predicted octanol–water partition coefficient (Wildman–Crippen LogP) is -0.423. The Morgan fingerprint density at radius 2 is 2.29 bits per heavy atom. The molecule has 0 spiro atoms. The van der Waals surface area contributed by atoms with Gasteiger partial charge in [-0.2, -0.15) is 0 Å². The Morgan fingerprint density at radius 3 is 2.79 bits per heavy atom. The van der Waals surface area contributed by atoms with Crippen LogP contribution < -0.4 is 10.6 Å². The van der Waals surface area contributed by atoms with E-state index < -0.39 is 5.97 Å². The van der Waals surface area contributed by atoms with E-state index in [1.165, 1.54) is 0 Å². The summed E-state index contributed by atoms with van der Waals surface area (Å²) in [5.41, 5.74) is -0.363. The van der Waals surface area contributed by atoms with E-state index in [4.69, 9.17) is 5.11 Å². The summed E-state index contributed by atoms with van der Waals surface area (Å²) in [5, 5.41) is 14.1. The summed E-state index contributed by atoms with van der Waals surface area (Å²) in [6.07, 6.45) is 0.793. The fourth-order valence-electron chi connectivity index (χ4n) is 1.51. The van der Waals surface area contributed by atoms with E-state index in [1.54, 1.807) is 0 Å². The first-order chi connectivity index (χ1) is 6.54. The van der Waals surface area contributed by atoms with Gasteiger partial charge < -0.3 is 15.7 Å². The van der Waals surface area contributed by atoms with Crippen LogP contribution in [0.1, 0.15) is 19.8 Å². The fourth-order valence-corrected chi connectivity index (χ4v) is 1.51. The summed E-state index contributed by atoms with van der Waals surface area (Å²) in [6.45, 7) is 3.63. The minimum Gasteiger partial charge on any atom is -0.481 e. The van der Waals surface area contributed by atoms with Crippen LogP contribution in [-0.2, 0) is 9.59 Å². The minimum absolute atomic E-state index is 0.0186. The number of carbonyl (C=O) groups excluding carboxylic acids is 1. The quantitative estimate of drug-likeness (QED) is 0.575. The molecule has 3 N–H and O–H groups in total. The maximum Gasteiger partial charge on any atom is 0.305 e. The van der Waals surface area contributed by atoms with Gasteiger partial charge in [0.2, 0.25) is 5.91 Å². The number of nitrogens with one attached hydrogen (secondary N) is 2. The molecule has 0 radical (unpaired) electrons. The first kappa shape index (κ1) is 11.0. The topological polar surface area (TPSA) is 78.4 Å². The lowest BCUT2D eigenvalue weighted by Gasteiger charge is -2.20. The molecule has 5 nitrogen and oxygen atoms in total. The molecule has 1 heterocycles. The molecule has 80 valence electrons. The molecule has 1 aliphatic heterocycles. The van der Waals surface area contributed by atoms with E-state index in [2.05, 4.69) is 10.6 Å².